The van der Waals surface area contributed by atoms with Crippen LogP contribution in [0.1, 0.15) is 0 Å². The van der Waals surface area contributed by atoms with Crippen LogP contribution in [0.2, 0.25) is 0 Å². The Morgan fingerprint density at radius 2 is 2.25 bits per heavy atom. The number of fused-ring (bicyclic) bond motifs is 1. The maximum atomic E-state index is 5.68. The van der Waals surface area contributed by atoms with E-state index in [0.717, 1.165) is 11.4 Å². The summed E-state index contributed by atoms with van der Waals surface area (Å²) < 4.78 is 0. The summed E-state index contributed by atoms with van der Waals surface area (Å²) in [7, 11) is 0. The second-order valence-corrected chi connectivity index (χ2v) is 3.57. The molecule has 1 heterocycles. The van der Waals surface area contributed by atoms with E-state index in [0.29, 0.717) is 0 Å². The van der Waals surface area contributed by atoms with Crippen LogP contribution in [0.3, 0.4) is 0 Å². The van der Waals surface area contributed by atoms with Crippen molar-refractivity contribution in [1.29, 1.82) is 0 Å². The molecule has 0 saturated carbocycles. The minimum absolute atomic E-state index is 0. The van der Waals surface area contributed by atoms with Crippen LogP contribution in [0, 0.1) is 0 Å². The van der Waals surface area contributed by atoms with Crippen LogP contribution in [0.25, 0.3) is 0 Å². The summed E-state index contributed by atoms with van der Waals surface area (Å²) in [5, 5.41) is 0. The third kappa shape index (κ3) is 1.76. The van der Waals surface area contributed by atoms with Gasteiger partial charge in [-0.2, -0.15) is 0 Å². The Kier molecular flexibility index (Phi) is 3.06. The van der Waals surface area contributed by atoms with Crippen molar-refractivity contribution in [3.63, 3.8) is 0 Å². The molecule has 1 aliphatic heterocycles. The van der Waals surface area contributed by atoms with Gasteiger partial charge in [0.05, 0.1) is 0 Å². The van der Waals surface area contributed by atoms with Crippen molar-refractivity contribution in [2.45, 2.75) is 0 Å². The van der Waals surface area contributed by atoms with Gasteiger partial charge in [0.15, 0.2) is 0 Å². The van der Waals surface area contributed by atoms with Crippen LogP contribution >= 0.6 is 24.2 Å². The van der Waals surface area contributed by atoms with Gasteiger partial charge in [0, 0.05) is 16.4 Å². The van der Waals surface area contributed by atoms with E-state index in [1.807, 2.05) is 30.0 Å². The molecular formula is C9H10ClNS. The summed E-state index contributed by atoms with van der Waals surface area (Å²) in [6, 6.07) is 0. The third-order valence-electron chi connectivity index (χ3n) is 1.69. The van der Waals surface area contributed by atoms with Gasteiger partial charge in [-0.1, -0.05) is 18.2 Å². The standard InChI is InChI=1S/C9H9NS.ClH/c10-8-3-1-2-7-4-5-11-9(7)6-8;/h1-4,6H,5,10H2;1H. The predicted molar refractivity (Wildman–Crippen MR) is 57.3 cm³/mol. The van der Waals surface area contributed by atoms with Gasteiger partial charge >= 0.3 is 0 Å². The first kappa shape index (κ1) is 9.49. The molecule has 0 unspecified atom stereocenters. The molecule has 0 atom stereocenters. The summed E-state index contributed by atoms with van der Waals surface area (Å²) in [6.07, 6.45) is 10.3. The molecule has 1 nitrogen and oxygen atoms in total. The summed E-state index contributed by atoms with van der Waals surface area (Å²) in [6.45, 7) is 0. The Hall–Kier alpha value is -0.600. The van der Waals surface area contributed by atoms with Gasteiger partial charge in [-0.25, -0.2) is 0 Å². The van der Waals surface area contributed by atoms with E-state index in [-0.39, 0.29) is 12.4 Å². The zero-order valence-electron chi connectivity index (χ0n) is 6.49. The third-order valence-corrected chi connectivity index (χ3v) is 2.69. The van der Waals surface area contributed by atoms with Crippen molar-refractivity contribution in [3.05, 3.63) is 46.6 Å². The van der Waals surface area contributed by atoms with Crippen LogP contribution in [0.4, 0.5) is 0 Å². The van der Waals surface area contributed by atoms with E-state index in [1.165, 1.54) is 10.5 Å². The summed E-state index contributed by atoms with van der Waals surface area (Å²) in [4.78, 5) is 1.30. The molecule has 0 fully saturated rings. The molecule has 12 heavy (non-hydrogen) atoms. The zero-order chi connectivity index (χ0) is 7.68. The summed E-state index contributed by atoms with van der Waals surface area (Å²) in [5.41, 5.74) is 7.84. The van der Waals surface area contributed by atoms with E-state index < -0.39 is 0 Å². The van der Waals surface area contributed by atoms with Crippen LogP contribution in [0.5, 0.6) is 0 Å². The topological polar surface area (TPSA) is 26.0 Å². The summed E-state index contributed by atoms with van der Waals surface area (Å²) >= 11 is 1.84. The maximum absolute atomic E-state index is 5.68. The Morgan fingerprint density at radius 1 is 1.42 bits per heavy atom. The van der Waals surface area contributed by atoms with Gasteiger partial charge in [-0.15, -0.1) is 24.2 Å². The fraction of sp³-hybridized carbons (Fsp3) is 0.111. The largest absolute Gasteiger partial charge is 0.399 e. The molecule has 2 aliphatic rings. The normalized spacial score (nSPS) is 19.8. The summed E-state index contributed by atoms with van der Waals surface area (Å²) in [5.74, 6) is 1.08. The number of hydrogen-bond donors (Lipinski definition) is 1. The average Bonchev–Trinajstić information content (AvgIpc) is 2.31. The smallest absolute Gasteiger partial charge is 0.0325 e. The highest BCUT2D eigenvalue weighted by molar-refractivity contribution is 8.03. The molecule has 0 radical (unpaired) electrons. The molecule has 0 amide bonds. The van der Waals surface area contributed by atoms with Gasteiger partial charge in [0.25, 0.3) is 0 Å². The number of hydrogen-bond acceptors (Lipinski definition) is 2. The number of rotatable bonds is 0. The fourth-order valence-electron chi connectivity index (χ4n) is 1.14. The molecule has 0 saturated heterocycles. The first-order valence-electron chi connectivity index (χ1n) is 3.55. The lowest BCUT2D eigenvalue weighted by Crippen LogP contribution is -1.91. The first-order chi connectivity index (χ1) is 5.36. The lowest BCUT2D eigenvalue weighted by atomic mass is 10.2. The first-order valence-corrected chi connectivity index (χ1v) is 4.54. The predicted octanol–water partition coefficient (Wildman–Crippen LogP) is 2.38. The second-order valence-electron chi connectivity index (χ2n) is 2.50. The molecule has 0 bridgehead atoms. The SMILES string of the molecule is Cl.NC1=CC=CC2=CCSC2=C1. The molecule has 2 N–H and O–H groups in total. The van der Waals surface area contributed by atoms with Crippen molar-refractivity contribution >= 4 is 24.2 Å². The molecule has 2 rings (SSSR count). The van der Waals surface area contributed by atoms with Crippen molar-refractivity contribution in [2.24, 2.45) is 5.73 Å². The van der Waals surface area contributed by atoms with Gasteiger partial charge in [-0.3, -0.25) is 0 Å². The van der Waals surface area contributed by atoms with E-state index in [1.54, 1.807) is 0 Å². The zero-order valence-corrected chi connectivity index (χ0v) is 8.12. The second kappa shape index (κ2) is 3.87. The van der Waals surface area contributed by atoms with Gasteiger partial charge in [0.1, 0.15) is 0 Å². The average molecular weight is 200 g/mol. The molecule has 1 aliphatic carbocycles. The van der Waals surface area contributed by atoms with Crippen molar-refractivity contribution in [1.82, 2.24) is 0 Å². The lowest BCUT2D eigenvalue weighted by Gasteiger charge is -1.96. The van der Waals surface area contributed by atoms with Crippen LogP contribution in [-0.4, -0.2) is 5.75 Å². The quantitative estimate of drug-likeness (QED) is 0.649. The van der Waals surface area contributed by atoms with Gasteiger partial charge in [0.2, 0.25) is 0 Å². The Bertz CT molecular complexity index is 300. The number of halogens is 1. The monoisotopic (exact) mass is 199 g/mol. The highest BCUT2D eigenvalue weighted by atomic mass is 35.5. The fourth-order valence-corrected chi connectivity index (χ4v) is 2.12. The Labute approximate surface area is 82.5 Å². The van der Waals surface area contributed by atoms with Crippen molar-refractivity contribution < 1.29 is 0 Å². The van der Waals surface area contributed by atoms with E-state index >= 15 is 0 Å². The molecule has 3 heteroatoms. The van der Waals surface area contributed by atoms with E-state index in [4.69, 9.17) is 5.73 Å². The molecule has 64 valence electrons. The van der Waals surface area contributed by atoms with Crippen molar-refractivity contribution in [3.8, 4) is 0 Å². The Morgan fingerprint density at radius 3 is 3.08 bits per heavy atom. The maximum Gasteiger partial charge on any atom is 0.0325 e. The van der Waals surface area contributed by atoms with E-state index in [2.05, 4.69) is 12.2 Å². The molecule has 0 aromatic carbocycles. The number of thioether (sulfide) groups is 1. The number of nitrogens with two attached hydrogens (primary N) is 1. The highest BCUT2D eigenvalue weighted by Gasteiger charge is 2.10. The molecule has 0 spiro atoms. The molecular weight excluding hydrogens is 190 g/mol. The lowest BCUT2D eigenvalue weighted by molar-refractivity contribution is 1.43. The van der Waals surface area contributed by atoms with E-state index in [9.17, 15) is 0 Å². The molecule has 0 aromatic heterocycles. The minimum Gasteiger partial charge on any atom is -0.399 e. The van der Waals surface area contributed by atoms with Gasteiger partial charge < -0.3 is 5.73 Å². The van der Waals surface area contributed by atoms with Gasteiger partial charge in [-0.05, 0) is 17.7 Å². The highest BCUT2D eigenvalue weighted by Crippen LogP contribution is 2.33. The van der Waals surface area contributed by atoms with Crippen LogP contribution in [0.15, 0.2) is 46.6 Å². The van der Waals surface area contributed by atoms with Crippen molar-refractivity contribution in [2.75, 3.05) is 5.75 Å². The molecule has 0 aromatic rings. The van der Waals surface area contributed by atoms with Crippen LogP contribution in [-0.2, 0) is 0 Å². The van der Waals surface area contributed by atoms with Crippen LogP contribution < -0.4 is 5.73 Å². The minimum atomic E-state index is 0. The Balaban J connectivity index is 0.000000720. The number of allylic oxidation sites excluding steroid dienone is 5.